The first-order valence-electron chi connectivity index (χ1n) is 7.62. The van der Waals surface area contributed by atoms with E-state index in [1.54, 1.807) is 11.3 Å². The van der Waals surface area contributed by atoms with Crippen LogP contribution < -0.4 is 4.78 Å². The molecule has 0 saturated carbocycles. The van der Waals surface area contributed by atoms with Gasteiger partial charge in [-0.15, -0.1) is 11.3 Å². The van der Waals surface area contributed by atoms with E-state index in [2.05, 4.69) is 44.7 Å². The Bertz CT molecular complexity index is 481. The number of morpholine rings is 1. The van der Waals surface area contributed by atoms with Crippen LogP contribution in [0, 0.1) is 0 Å². The molecule has 1 aromatic rings. The Kier molecular flexibility index (Phi) is 4.18. The minimum absolute atomic E-state index is 0.238. The average molecular weight is 309 g/mol. The minimum Gasteiger partial charge on any atom is -0.399 e. The summed E-state index contributed by atoms with van der Waals surface area (Å²) in [6, 6.07) is 4.34. The van der Waals surface area contributed by atoms with E-state index in [0.717, 1.165) is 37.6 Å². The van der Waals surface area contributed by atoms with Crippen molar-refractivity contribution in [1.29, 1.82) is 0 Å². The third kappa shape index (κ3) is 3.20. The summed E-state index contributed by atoms with van der Waals surface area (Å²) in [5.41, 5.74) is -0.544. The number of rotatable bonds is 3. The molecule has 4 nitrogen and oxygen atoms in total. The van der Waals surface area contributed by atoms with Gasteiger partial charge in [-0.1, -0.05) is 6.07 Å². The molecule has 0 bridgehead atoms. The number of thiophene rings is 1. The van der Waals surface area contributed by atoms with Crippen LogP contribution in [0.4, 0.5) is 0 Å². The zero-order chi connectivity index (χ0) is 15.1. The van der Waals surface area contributed by atoms with Gasteiger partial charge in [0.15, 0.2) is 0 Å². The summed E-state index contributed by atoms with van der Waals surface area (Å²) in [7, 11) is -0.238. The van der Waals surface area contributed by atoms with Crippen molar-refractivity contribution < 1.29 is 14.0 Å². The molecule has 2 aliphatic heterocycles. The fourth-order valence-corrected chi connectivity index (χ4v) is 3.56. The third-order valence-corrected chi connectivity index (χ3v) is 5.74. The zero-order valence-electron chi connectivity index (χ0n) is 13.3. The van der Waals surface area contributed by atoms with Crippen LogP contribution in [0.3, 0.4) is 0 Å². The summed E-state index contributed by atoms with van der Waals surface area (Å²) >= 11 is 1.79. The van der Waals surface area contributed by atoms with Gasteiger partial charge in [0.2, 0.25) is 0 Å². The second-order valence-corrected chi connectivity index (χ2v) is 7.98. The van der Waals surface area contributed by atoms with Crippen molar-refractivity contribution in [2.75, 3.05) is 26.3 Å². The quantitative estimate of drug-likeness (QED) is 0.798. The molecule has 0 atom stereocenters. The zero-order valence-corrected chi connectivity index (χ0v) is 14.2. The number of hydrogen-bond acceptors (Lipinski definition) is 5. The van der Waals surface area contributed by atoms with Crippen LogP contribution in [0.25, 0.3) is 0 Å². The summed E-state index contributed by atoms with van der Waals surface area (Å²) in [5.74, 6) is 0. The molecule has 0 N–H and O–H groups in total. The summed E-state index contributed by atoms with van der Waals surface area (Å²) in [6.07, 6.45) is 0. The van der Waals surface area contributed by atoms with Crippen molar-refractivity contribution in [3.05, 3.63) is 17.0 Å². The van der Waals surface area contributed by atoms with Crippen molar-refractivity contribution in [1.82, 2.24) is 4.90 Å². The van der Waals surface area contributed by atoms with E-state index in [1.165, 1.54) is 4.88 Å². The summed E-state index contributed by atoms with van der Waals surface area (Å²) in [5, 5.41) is 0. The molecule has 2 fully saturated rings. The highest BCUT2D eigenvalue weighted by molar-refractivity contribution is 7.22. The van der Waals surface area contributed by atoms with Gasteiger partial charge in [0.1, 0.15) is 0 Å². The Morgan fingerprint density at radius 1 is 1.10 bits per heavy atom. The molecule has 116 valence electrons. The maximum atomic E-state index is 6.11. The van der Waals surface area contributed by atoms with Gasteiger partial charge in [-0.2, -0.15) is 0 Å². The lowest BCUT2D eigenvalue weighted by Crippen LogP contribution is -2.41. The molecule has 21 heavy (non-hydrogen) atoms. The Labute approximate surface area is 131 Å². The fraction of sp³-hybridized carbons (Fsp3) is 0.733. The predicted octanol–water partition coefficient (Wildman–Crippen LogP) is 1.88. The van der Waals surface area contributed by atoms with E-state index >= 15 is 0 Å². The number of hydrogen-bond donors (Lipinski definition) is 0. The van der Waals surface area contributed by atoms with E-state index < -0.39 is 0 Å². The molecular weight excluding hydrogens is 285 g/mol. The molecular formula is C15H24BNO3S. The van der Waals surface area contributed by atoms with Gasteiger partial charge >= 0.3 is 7.12 Å². The van der Waals surface area contributed by atoms with Crippen LogP contribution in [-0.2, 0) is 20.6 Å². The van der Waals surface area contributed by atoms with Crippen LogP contribution in [0.2, 0.25) is 0 Å². The summed E-state index contributed by atoms with van der Waals surface area (Å²) in [4.78, 5) is 3.80. The molecule has 2 aliphatic rings. The number of ether oxygens (including phenoxy) is 1. The van der Waals surface area contributed by atoms with Crippen molar-refractivity contribution in [2.24, 2.45) is 0 Å². The van der Waals surface area contributed by atoms with Gasteiger partial charge in [0, 0.05) is 29.3 Å². The Morgan fingerprint density at radius 3 is 2.33 bits per heavy atom. The Hall–Kier alpha value is -0.395. The molecule has 0 aliphatic carbocycles. The summed E-state index contributed by atoms with van der Waals surface area (Å²) in [6.45, 7) is 13.1. The van der Waals surface area contributed by atoms with Crippen molar-refractivity contribution in [3.8, 4) is 0 Å². The van der Waals surface area contributed by atoms with E-state index in [-0.39, 0.29) is 18.3 Å². The monoisotopic (exact) mass is 309 g/mol. The van der Waals surface area contributed by atoms with Gasteiger partial charge in [0.25, 0.3) is 0 Å². The first kappa shape index (κ1) is 15.5. The molecule has 3 rings (SSSR count). The normalized spacial score (nSPS) is 25.4. The smallest absolute Gasteiger partial charge is 0.399 e. The fourth-order valence-electron chi connectivity index (χ4n) is 2.55. The highest BCUT2D eigenvalue weighted by atomic mass is 32.1. The number of nitrogens with zero attached hydrogens (tertiary/aromatic N) is 1. The molecule has 2 saturated heterocycles. The van der Waals surface area contributed by atoms with E-state index in [0.29, 0.717) is 0 Å². The highest BCUT2D eigenvalue weighted by Gasteiger charge is 2.52. The lowest BCUT2D eigenvalue weighted by Gasteiger charge is -2.32. The van der Waals surface area contributed by atoms with Crippen LogP contribution in [0.15, 0.2) is 12.1 Å². The largest absolute Gasteiger partial charge is 0.505 e. The molecule has 6 heteroatoms. The topological polar surface area (TPSA) is 30.9 Å². The minimum atomic E-state index is -0.272. The van der Waals surface area contributed by atoms with E-state index in [9.17, 15) is 0 Å². The Morgan fingerprint density at radius 2 is 1.71 bits per heavy atom. The SMILES string of the molecule is CC1(C)OB(c2ccc(CN3CCOCC3)s2)OC1(C)C. The predicted molar refractivity (Wildman–Crippen MR) is 86.1 cm³/mol. The van der Waals surface area contributed by atoms with Gasteiger partial charge < -0.3 is 14.0 Å². The molecule has 1 aromatic heterocycles. The van der Waals surface area contributed by atoms with Crippen LogP contribution in [0.5, 0.6) is 0 Å². The Balaban J connectivity index is 1.65. The molecule has 0 radical (unpaired) electrons. The van der Waals surface area contributed by atoms with Crippen LogP contribution >= 0.6 is 11.3 Å². The van der Waals surface area contributed by atoms with Crippen molar-refractivity contribution in [3.63, 3.8) is 0 Å². The average Bonchev–Trinajstić information content (AvgIpc) is 2.94. The third-order valence-electron chi connectivity index (χ3n) is 4.65. The first-order chi connectivity index (χ1) is 9.87. The molecule has 0 unspecified atom stereocenters. The molecule has 3 heterocycles. The second-order valence-electron chi connectivity index (χ2n) is 6.78. The van der Waals surface area contributed by atoms with E-state index in [1.807, 2.05) is 0 Å². The highest BCUT2D eigenvalue weighted by Crippen LogP contribution is 2.37. The van der Waals surface area contributed by atoms with Gasteiger partial charge in [-0.05, 0) is 33.8 Å². The van der Waals surface area contributed by atoms with Crippen molar-refractivity contribution >= 4 is 23.2 Å². The second kappa shape index (κ2) is 5.67. The van der Waals surface area contributed by atoms with Crippen molar-refractivity contribution in [2.45, 2.75) is 45.4 Å². The standard InChI is InChI=1S/C15H24BNO3S/c1-14(2)15(3,4)20-16(19-14)13-6-5-12(21-13)11-17-7-9-18-10-8-17/h5-6H,7-11H2,1-4H3. The van der Waals surface area contributed by atoms with Gasteiger partial charge in [0.05, 0.1) is 24.4 Å². The van der Waals surface area contributed by atoms with Crippen LogP contribution in [0.1, 0.15) is 32.6 Å². The lowest BCUT2D eigenvalue weighted by molar-refractivity contribution is 0.00578. The molecule has 0 spiro atoms. The van der Waals surface area contributed by atoms with Gasteiger partial charge in [-0.25, -0.2) is 0 Å². The van der Waals surface area contributed by atoms with Crippen LogP contribution in [-0.4, -0.2) is 49.5 Å². The van der Waals surface area contributed by atoms with E-state index in [4.69, 9.17) is 14.0 Å². The summed E-state index contributed by atoms with van der Waals surface area (Å²) < 4.78 is 18.8. The molecule has 0 aromatic carbocycles. The lowest BCUT2D eigenvalue weighted by atomic mass is 9.88. The molecule has 0 amide bonds. The first-order valence-corrected chi connectivity index (χ1v) is 8.43. The maximum Gasteiger partial charge on any atom is 0.505 e. The maximum absolute atomic E-state index is 6.11. The van der Waals surface area contributed by atoms with Gasteiger partial charge in [-0.3, -0.25) is 4.90 Å².